The van der Waals surface area contributed by atoms with E-state index in [4.69, 9.17) is 18.9 Å². The number of aromatic hydroxyl groups is 1. The molecule has 38 heavy (non-hydrogen) atoms. The lowest BCUT2D eigenvalue weighted by Gasteiger charge is -2.22. The van der Waals surface area contributed by atoms with Gasteiger partial charge in [0.25, 0.3) is 5.56 Å². The molecule has 3 N–H and O–H groups in total. The Kier molecular flexibility index (Phi) is 9.31. The quantitative estimate of drug-likeness (QED) is 0.323. The molecule has 3 rings (SSSR count). The van der Waals surface area contributed by atoms with Gasteiger partial charge in [0.05, 0.1) is 33.5 Å². The van der Waals surface area contributed by atoms with Crippen LogP contribution in [0.25, 0.3) is 0 Å². The van der Waals surface area contributed by atoms with Crippen LogP contribution in [0.4, 0.5) is 4.39 Å². The van der Waals surface area contributed by atoms with Gasteiger partial charge < -0.3 is 34.4 Å². The Bertz CT molecular complexity index is 1330. The molecule has 11 heteroatoms. The largest absolute Gasteiger partial charge is 0.506 e. The summed E-state index contributed by atoms with van der Waals surface area (Å²) in [7, 11) is 4.26. The number of carbonyl (C=O) groups is 2. The van der Waals surface area contributed by atoms with Crippen molar-refractivity contribution in [3.63, 3.8) is 0 Å². The van der Waals surface area contributed by atoms with Gasteiger partial charge in [-0.05, 0) is 42.3 Å². The topological polar surface area (TPSA) is 136 Å². The van der Waals surface area contributed by atoms with Crippen LogP contribution in [0.1, 0.15) is 46.3 Å². The molecule has 0 radical (unpaired) electrons. The van der Waals surface area contributed by atoms with E-state index in [2.05, 4.69) is 10.3 Å². The average Bonchev–Trinajstić information content (AvgIpc) is 2.91. The first kappa shape index (κ1) is 28.0. The lowest BCUT2D eigenvalue weighted by molar-refractivity contribution is -0.121. The molecule has 1 atom stereocenters. The molecule has 0 saturated heterocycles. The van der Waals surface area contributed by atoms with Gasteiger partial charge in [-0.15, -0.1) is 0 Å². The van der Waals surface area contributed by atoms with Crippen LogP contribution in [-0.2, 0) is 16.1 Å². The summed E-state index contributed by atoms with van der Waals surface area (Å²) >= 11 is 0. The Labute approximate surface area is 218 Å². The Morgan fingerprint density at radius 1 is 1.05 bits per heavy atom. The molecule has 0 unspecified atom stereocenters. The fraction of sp³-hybridized carbons (Fsp3) is 0.296. The molecule has 3 aromatic rings. The Morgan fingerprint density at radius 2 is 1.68 bits per heavy atom. The van der Waals surface area contributed by atoms with Gasteiger partial charge in [0.1, 0.15) is 17.1 Å². The van der Waals surface area contributed by atoms with Crippen molar-refractivity contribution < 1.29 is 38.0 Å². The van der Waals surface area contributed by atoms with Crippen molar-refractivity contribution in [1.29, 1.82) is 0 Å². The molecule has 0 fully saturated rings. The number of halogens is 1. The van der Waals surface area contributed by atoms with Gasteiger partial charge >= 0.3 is 5.97 Å². The number of ether oxygens (including phenoxy) is 4. The molecule has 1 heterocycles. The minimum absolute atomic E-state index is 0.0504. The van der Waals surface area contributed by atoms with Gasteiger partial charge in [-0.1, -0.05) is 12.1 Å². The summed E-state index contributed by atoms with van der Waals surface area (Å²) in [5.74, 6) is -2.57. The summed E-state index contributed by atoms with van der Waals surface area (Å²) in [6.07, 6.45) is 0.753. The van der Waals surface area contributed by atoms with Crippen molar-refractivity contribution in [3.05, 3.63) is 81.0 Å². The van der Waals surface area contributed by atoms with Gasteiger partial charge in [0.2, 0.25) is 11.7 Å². The van der Waals surface area contributed by atoms with Crippen LogP contribution in [0, 0.1) is 5.82 Å². The number of aromatic amines is 1. The summed E-state index contributed by atoms with van der Waals surface area (Å²) < 4.78 is 34.4. The second-order valence-corrected chi connectivity index (χ2v) is 8.13. The molecule has 1 aromatic heterocycles. The number of nitrogens with one attached hydrogen (secondary N) is 2. The number of benzene rings is 2. The van der Waals surface area contributed by atoms with E-state index in [-0.39, 0.29) is 47.9 Å². The zero-order valence-corrected chi connectivity index (χ0v) is 21.4. The number of carbonyl (C=O) groups excluding carboxylic acids is 2. The zero-order valence-electron chi connectivity index (χ0n) is 21.4. The number of pyridine rings is 1. The Morgan fingerprint density at radius 3 is 2.24 bits per heavy atom. The van der Waals surface area contributed by atoms with Gasteiger partial charge in [-0.25, -0.2) is 9.18 Å². The number of hydrogen-bond acceptors (Lipinski definition) is 8. The Hall–Kier alpha value is -4.54. The number of hydrogen-bond donors (Lipinski definition) is 3. The summed E-state index contributed by atoms with van der Waals surface area (Å²) in [6.45, 7) is 1.76. The second-order valence-electron chi connectivity index (χ2n) is 8.13. The van der Waals surface area contributed by atoms with Crippen LogP contribution < -0.4 is 25.1 Å². The highest BCUT2D eigenvalue weighted by Gasteiger charge is 2.30. The third-order valence-corrected chi connectivity index (χ3v) is 5.83. The third kappa shape index (κ3) is 6.23. The molecular weight excluding hydrogens is 499 g/mol. The maximum atomic E-state index is 13.2. The van der Waals surface area contributed by atoms with Crippen molar-refractivity contribution in [2.24, 2.45) is 0 Å². The van der Waals surface area contributed by atoms with Crippen LogP contribution in [-0.4, -0.2) is 49.9 Å². The molecule has 10 nitrogen and oxygen atoms in total. The van der Waals surface area contributed by atoms with Crippen LogP contribution in [0.3, 0.4) is 0 Å². The summed E-state index contributed by atoms with van der Waals surface area (Å²) in [5, 5.41) is 13.8. The lowest BCUT2D eigenvalue weighted by Crippen LogP contribution is -2.28. The van der Waals surface area contributed by atoms with Crippen LogP contribution in [0.5, 0.6) is 23.0 Å². The fourth-order valence-electron chi connectivity index (χ4n) is 3.97. The smallest absolute Gasteiger partial charge is 0.343 e. The lowest BCUT2D eigenvalue weighted by atomic mass is 9.87. The van der Waals surface area contributed by atoms with Crippen molar-refractivity contribution >= 4 is 11.9 Å². The van der Waals surface area contributed by atoms with Crippen molar-refractivity contribution in [2.45, 2.75) is 25.8 Å². The molecule has 202 valence electrons. The summed E-state index contributed by atoms with van der Waals surface area (Å²) in [5.41, 5.74) is -0.152. The fourth-order valence-corrected chi connectivity index (χ4v) is 3.97. The number of esters is 1. The average molecular weight is 529 g/mol. The van der Waals surface area contributed by atoms with Crippen LogP contribution >= 0.6 is 0 Å². The van der Waals surface area contributed by atoms with Gasteiger partial charge in [0, 0.05) is 25.1 Å². The van der Waals surface area contributed by atoms with Crippen molar-refractivity contribution in [2.75, 3.05) is 27.9 Å². The number of aromatic nitrogens is 1. The summed E-state index contributed by atoms with van der Waals surface area (Å²) in [4.78, 5) is 40.9. The summed E-state index contributed by atoms with van der Waals surface area (Å²) in [6, 6.07) is 8.72. The van der Waals surface area contributed by atoms with E-state index in [1.165, 1.54) is 45.6 Å². The molecule has 0 aliphatic carbocycles. The van der Waals surface area contributed by atoms with E-state index in [0.717, 1.165) is 6.20 Å². The van der Waals surface area contributed by atoms with E-state index >= 15 is 0 Å². The third-order valence-electron chi connectivity index (χ3n) is 5.83. The number of amides is 1. The minimum atomic E-state index is -1.05. The molecule has 2 aromatic carbocycles. The molecule has 0 spiro atoms. The maximum absolute atomic E-state index is 13.2. The van der Waals surface area contributed by atoms with E-state index in [0.29, 0.717) is 11.1 Å². The minimum Gasteiger partial charge on any atom is -0.506 e. The maximum Gasteiger partial charge on any atom is 0.343 e. The van der Waals surface area contributed by atoms with Crippen molar-refractivity contribution in [3.8, 4) is 23.0 Å². The number of methoxy groups -OCH3 is 3. The highest BCUT2D eigenvalue weighted by Crippen LogP contribution is 2.43. The SMILES string of the molecule is CCOC(=O)c1c[nH]c(=O)c([C@H](CC(=O)NCc2ccc(F)cc2)c2cc(OC)c(OC)c(OC)c2)c1O. The van der Waals surface area contributed by atoms with Gasteiger partial charge in [-0.2, -0.15) is 0 Å². The zero-order chi connectivity index (χ0) is 27.8. The molecule has 1 amide bonds. The molecule has 0 aliphatic rings. The predicted molar refractivity (Wildman–Crippen MR) is 135 cm³/mol. The van der Waals surface area contributed by atoms with Crippen LogP contribution in [0.15, 0.2) is 47.4 Å². The highest BCUT2D eigenvalue weighted by atomic mass is 19.1. The van der Waals surface area contributed by atoms with Crippen molar-refractivity contribution in [1.82, 2.24) is 10.3 Å². The molecular formula is C27H29FN2O8. The van der Waals surface area contributed by atoms with Gasteiger partial charge in [0.15, 0.2) is 11.5 Å². The normalized spacial score (nSPS) is 11.4. The first-order valence-electron chi connectivity index (χ1n) is 11.7. The number of H-pyrrole nitrogens is 1. The highest BCUT2D eigenvalue weighted by molar-refractivity contribution is 5.92. The van der Waals surface area contributed by atoms with E-state index in [9.17, 15) is 23.9 Å². The Balaban J connectivity index is 2.09. The standard InChI is InChI=1S/C27H29FN2O8/c1-5-38-27(34)19-14-30-26(33)23(24(19)32)18(12-22(31)29-13-15-6-8-17(28)9-7-15)16-10-20(35-2)25(37-4)21(11-16)36-3/h6-11,14,18H,5,12-13H2,1-4H3,(H,29,31)(H2,30,32,33)/t18-/m1/s1. The second kappa shape index (κ2) is 12.6. The van der Waals surface area contributed by atoms with E-state index < -0.39 is 34.9 Å². The molecule has 0 bridgehead atoms. The first-order valence-corrected chi connectivity index (χ1v) is 11.7. The van der Waals surface area contributed by atoms with Gasteiger partial charge in [-0.3, -0.25) is 9.59 Å². The van der Waals surface area contributed by atoms with Crippen LogP contribution in [0.2, 0.25) is 0 Å². The van der Waals surface area contributed by atoms with E-state index in [1.54, 1.807) is 19.1 Å². The van der Waals surface area contributed by atoms with E-state index in [1.807, 2.05) is 0 Å². The molecule has 0 aliphatic heterocycles. The predicted octanol–water partition coefficient (Wildman–Crippen LogP) is 3.26. The monoisotopic (exact) mass is 528 g/mol. The molecule has 0 saturated carbocycles. The number of rotatable bonds is 11. The first-order chi connectivity index (χ1) is 18.2.